The Labute approximate surface area is 174 Å². The predicted octanol–water partition coefficient (Wildman–Crippen LogP) is 4.68. The minimum Gasteiger partial charge on any atom is -0.325 e. The zero-order valence-corrected chi connectivity index (χ0v) is 17.9. The van der Waals surface area contributed by atoms with Gasteiger partial charge in [0.05, 0.1) is 15.9 Å². The maximum Gasteiger partial charge on any atom is 0.271 e. The van der Waals surface area contributed by atoms with Gasteiger partial charge in [0, 0.05) is 24.6 Å². The molecule has 1 aromatic carbocycles. The molecule has 1 fully saturated rings. The standard InChI is InChI=1S/C20H27N5O3S/c1-4-24-18(15-8-6-5-7-9-15)22-23-20(24)29-14(3)19(26)21-17-12-16(25(27)28)11-10-13(17)2/h10-12,14-15H,4-9H2,1-3H3,(H,21,26)/t14-/m1/s1. The number of nitro benzene ring substituents is 1. The van der Waals surface area contributed by atoms with Gasteiger partial charge >= 0.3 is 0 Å². The summed E-state index contributed by atoms with van der Waals surface area (Å²) in [6, 6.07) is 4.45. The van der Waals surface area contributed by atoms with E-state index in [4.69, 9.17) is 0 Å². The first-order valence-electron chi connectivity index (χ1n) is 10.1. The Morgan fingerprint density at radius 3 is 2.72 bits per heavy atom. The van der Waals surface area contributed by atoms with Crippen LogP contribution in [-0.2, 0) is 11.3 Å². The van der Waals surface area contributed by atoms with Crippen molar-refractivity contribution in [3.05, 3.63) is 39.7 Å². The molecule has 2 aromatic rings. The van der Waals surface area contributed by atoms with Crippen LogP contribution in [0.15, 0.2) is 23.4 Å². The molecule has 156 valence electrons. The molecule has 1 N–H and O–H groups in total. The van der Waals surface area contributed by atoms with E-state index in [1.165, 1.54) is 43.2 Å². The number of hydrogen-bond donors (Lipinski definition) is 1. The van der Waals surface area contributed by atoms with Crippen LogP contribution in [0.1, 0.15) is 63.3 Å². The van der Waals surface area contributed by atoms with Gasteiger partial charge in [0.15, 0.2) is 5.16 Å². The normalized spacial score (nSPS) is 15.8. The smallest absolute Gasteiger partial charge is 0.271 e. The largest absolute Gasteiger partial charge is 0.325 e. The summed E-state index contributed by atoms with van der Waals surface area (Å²) in [5.74, 6) is 1.25. The van der Waals surface area contributed by atoms with Gasteiger partial charge in [-0.05, 0) is 39.2 Å². The van der Waals surface area contributed by atoms with Gasteiger partial charge in [0.2, 0.25) is 5.91 Å². The van der Waals surface area contributed by atoms with Gasteiger partial charge in [0.1, 0.15) is 5.82 Å². The van der Waals surface area contributed by atoms with Crippen molar-refractivity contribution < 1.29 is 9.72 Å². The highest BCUT2D eigenvalue weighted by Crippen LogP contribution is 2.34. The average molecular weight is 418 g/mol. The molecule has 1 aliphatic rings. The molecular weight excluding hydrogens is 390 g/mol. The van der Waals surface area contributed by atoms with Crippen LogP contribution in [-0.4, -0.2) is 30.8 Å². The molecule has 0 bridgehead atoms. The second-order valence-corrected chi connectivity index (χ2v) is 8.73. The molecule has 0 radical (unpaired) electrons. The Balaban J connectivity index is 1.71. The fourth-order valence-corrected chi connectivity index (χ4v) is 4.57. The number of nitrogens with zero attached hydrogens (tertiary/aromatic N) is 4. The van der Waals surface area contributed by atoms with Crippen molar-refractivity contribution in [1.82, 2.24) is 14.8 Å². The van der Waals surface area contributed by atoms with Crippen molar-refractivity contribution in [3.63, 3.8) is 0 Å². The van der Waals surface area contributed by atoms with Crippen molar-refractivity contribution >= 4 is 29.0 Å². The fraction of sp³-hybridized carbons (Fsp3) is 0.550. The second kappa shape index (κ2) is 9.39. The monoisotopic (exact) mass is 417 g/mol. The molecule has 3 rings (SSSR count). The third-order valence-electron chi connectivity index (χ3n) is 5.37. The molecule has 1 aliphatic carbocycles. The van der Waals surface area contributed by atoms with E-state index in [2.05, 4.69) is 27.0 Å². The van der Waals surface area contributed by atoms with Crippen molar-refractivity contribution in [3.8, 4) is 0 Å². The first-order valence-corrected chi connectivity index (χ1v) is 10.9. The van der Waals surface area contributed by atoms with Crippen molar-refractivity contribution in [2.75, 3.05) is 5.32 Å². The highest BCUT2D eigenvalue weighted by Gasteiger charge is 2.25. The number of nitro groups is 1. The number of thioether (sulfide) groups is 1. The van der Waals surface area contributed by atoms with Gasteiger partial charge < -0.3 is 9.88 Å². The van der Waals surface area contributed by atoms with E-state index in [0.717, 1.165) is 35.9 Å². The molecule has 1 atom stereocenters. The zero-order valence-electron chi connectivity index (χ0n) is 17.1. The van der Waals surface area contributed by atoms with E-state index < -0.39 is 10.2 Å². The van der Waals surface area contributed by atoms with E-state index in [1.54, 1.807) is 13.0 Å². The van der Waals surface area contributed by atoms with E-state index in [9.17, 15) is 14.9 Å². The number of hydrogen-bond acceptors (Lipinski definition) is 6. The molecule has 1 heterocycles. The van der Waals surface area contributed by atoms with Crippen LogP contribution >= 0.6 is 11.8 Å². The van der Waals surface area contributed by atoms with Gasteiger partial charge in [-0.1, -0.05) is 37.1 Å². The van der Waals surface area contributed by atoms with Crippen LogP contribution in [0.25, 0.3) is 0 Å². The van der Waals surface area contributed by atoms with Gasteiger partial charge in [0.25, 0.3) is 5.69 Å². The lowest BCUT2D eigenvalue weighted by atomic mass is 9.89. The summed E-state index contributed by atoms with van der Waals surface area (Å²) in [7, 11) is 0. The maximum absolute atomic E-state index is 12.7. The first kappa shape index (κ1) is 21.3. The molecule has 0 aliphatic heterocycles. The lowest BCUT2D eigenvalue weighted by molar-refractivity contribution is -0.384. The number of aryl methyl sites for hydroxylation is 1. The van der Waals surface area contributed by atoms with Gasteiger partial charge in [-0.15, -0.1) is 10.2 Å². The van der Waals surface area contributed by atoms with Gasteiger partial charge in [-0.25, -0.2) is 0 Å². The summed E-state index contributed by atoms with van der Waals surface area (Å²) in [6.07, 6.45) is 6.03. The highest BCUT2D eigenvalue weighted by atomic mass is 32.2. The third-order valence-corrected chi connectivity index (χ3v) is 6.45. The fourth-order valence-electron chi connectivity index (χ4n) is 3.65. The van der Waals surface area contributed by atoms with E-state index in [0.29, 0.717) is 11.6 Å². The molecule has 9 heteroatoms. The predicted molar refractivity (Wildman–Crippen MR) is 113 cm³/mol. The minimum atomic E-state index is -0.468. The molecule has 0 unspecified atom stereocenters. The van der Waals surface area contributed by atoms with E-state index in [1.807, 2.05) is 6.92 Å². The van der Waals surface area contributed by atoms with Crippen LogP contribution in [0.4, 0.5) is 11.4 Å². The maximum atomic E-state index is 12.7. The minimum absolute atomic E-state index is 0.0472. The van der Waals surface area contributed by atoms with Crippen LogP contribution in [0.3, 0.4) is 0 Å². The number of non-ortho nitro benzene ring substituents is 1. The second-order valence-electron chi connectivity index (χ2n) is 7.43. The van der Waals surface area contributed by atoms with Crippen molar-refractivity contribution in [2.45, 2.75) is 75.7 Å². The highest BCUT2D eigenvalue weighted by molar-refractivity contribution is 8.00. The Hall–Kier alpha value is -2.42. The first-order chi connectivity index (χ1) is 13.9. The summed E-state index contributed by atoms with van der Waals surface area (Å²) >= 11 is 1.37. The van der Waals surface area contributed by atoms with E-state index >= 15 is 0 Å². The summed E-state index contributed by atoms with van der Waals surface area (Å²) < 4.78 is 2.11. The van der Waals surface area contributed by atoms with Gasteiger partial charge in [-0.2, -0.15) is 0 Å². The zero-order chi connectivity index (χ0) is 21.0. The van der Waals surface area contributed by atoms with Crippen LogP contribution < -0.4 is 5.32 Å². The number of carbonyl (C=O) groups excluding carboxylic acids is 1. The van der Waals surface area contributed by atoms with Crippen LogP contribution in [0.2, 0.25) is 0 Å². The molecule has 1 amide bonds. The SMILES string of the molecule is CCn1c(S[C@H](C)C(=O)Nc2cc([N+](=O)[O-])ccc2C)nnc1C1CCCCC1. The molecule has 8 nitrogen and oxygen atoms in total. The number of nitrogens with one attached hydrogen (secondary N) is 1. The molecule has 29 heavy (non-hydrogen) atoms. The number of rotatable bonds is 7. The summed E-state index contributed by atoms with van der Waals surface area (Å²) in [5.41, 5.74) is 1.18. The number of anilines is 1. The Morgan fingerprint density at radius 1 is 1.34 bits per heavy atom. The summed E-state index contributed by atoms with van der Waals surface area (Å²) in [6.45, 7) is 6.44. The summed E-state index contributed by atoms with van der Waals surface area (Å²) in [4.78, 5) is 23.2. The lowest BCUT2D eigenvalue weighted by Gasteiger charge is -2.21. The summed E-state index contributed by atoms with van der Waals surface area (Å²) in [5, 5.41) is 22.9. The van der Waals surface area contributed by atoms with Crippen LogP contribution in [0, 0.1) is 17.0 Å². The van der Waals surface area contributed by atoms with E-state index in [-0.39, 0.29) is 11.6 Å². The van der Waals surface area contributed by atoms with Crippen LogP contribution in [0.5, 0.6) is 0 Å². The number of carbonyl (C=O) groups is 1. The van der Waals surface area contributed by atoms with Gasteiger partial charge in [-0.3, -0.25) is 14.9 Å². The average Bonchev–Trinajstić information content (AvgIpc) is 3.12. The molecule has 0 spiro atoms. The molecule has 1 saturated carbocycles. The topological polar surface area (TPSA) is 103 Å². The van der Waals surface area contributed by atoms with Crippen molar-refractivity contribution in [1.29, 1.82) is 0 Å². The Kier molecular flexibility index (Phi) is 6.89. The number of aromatic nitrogens is 3. The third kappa shape index (κ3) is 4.95. The molecule has 1 aromatic heterocycles. The Morgan fingerprint density at radius 2 is 2.07 bits per heavy atom. The number of benzene rings is 1. The Bertz CT molecular complexity index is 892. The number of amides is 1. The molecule has 0 saturated heterocycles. The molecular formula is C20H27N5O3S. The van der Waals surface area contributed by atoms with Crippen molar-refractivity contribution in [2.24, 2.45) is 0 Å². The lowest BCUT2D eigenvalue weighted by Crippen LogP contribution is -2.23. The quantitative estimate of drug-likeness (QED) is 0.398.